The number of nitrogens with one attached hydrogen (secondary N) is 1. The van der Waals surface area contributed by atoms with Gasteiger partial charge in [0, 0.05) is 12.1 Å². The highest BCUT2D eigenvalue weighted by molar-refractivity contribution is 5.94. The summed E-state index contributed by atoms with van der Waals surface area (Å²) in [4.78, 5) is 13.2. The summed E-state index contributed by atoms with van der Waals surface area (Å²) in [7, 11) is 1.64. The summed E-state index contributed by atoms with van der Waals surface area (Å²) in [6, 6.07) is 25.5. The quantitative estimate of drug-likeness (QED) is 0.481. The van der Waals surface area contributed by atoms with Gasteiger partial charge in [0.15, 0.2) is 0 Å². The van der Waals surface area contributed by atoms with Crippen LogP contribution in [0.3, 0.4) is 0 Å². The molecule has 0 saturated heterocycles. The second-order valence-corrected chi connectivity index (χ2v) is 7.52. The van der Waals surface area contributed by atoms with Crippen LogP contribution in [0.5, 0.6) is 5.75 Å². The van der Waals surface area contributed by atoms with Crippen LogP contribution in [-0.2, 0) is 6.54 Å². The van der Waals surface area contributed by atoms with Gasteiger partial charge in [0.25, 0.3) is 5.91 Å². The van der Waals surface area contributed by atoms with Crippen LogP contribution in [0, 0.1) is 13.8 Å². The minimum absolute atomic E-state index is 0.175. The molecule has 0 spiro atoms. The zero-order valence-corrected chi connectivity index (χ0v) is 17.9. The van der Waals surface area contributed by atoms with Crippen molar-refractivity contribution in [3.8, 4) is 22.7 Å². The number of hydrogen-bond donors (Lipinski definition) is 1. The van der Waals surface area contributed by atoms with Crippen molar-refractivity contribution in [2.24, 2.45) is 0 Å². The highest BCUT2D eigenvalue weighted by Crippen LogP contribution is 2.26. The molecule has 156 valence electrons. The lowest BCUT2D eigenvalue weighted by Gasteiger charge is -2.11. The molecule has 1 N–H and O–H groups in total. The van der Waals surface area contributed by atoms with E-state index in [1.165, 1.54) is 0 Å². The molecule has 0 bridgehead atoms. The fourth-order valence-electron chi connectivity index (χ4n) is 3.47. The van der Waals surface area contributed by atoms with Gasteiger partial charge < -0.3 is 10.1 Å². The van der Waals surface area contributed by atoms with Crippen LogP contribution in [0.25, 0.3) is 16.9 Å². The summed E-state index contributed by atoms with van der Waals surface area (Å²) < 4.78 is 7.09. The molecule has 31 heavy (non-hydrogen) atoms. The lowest BCUT2D eigenvalue weighted by Crippen LogP contribution is -2.25. The molecule has 0 saturated carbocycles. The summed E-state index contributed by atoms with van der Waals surface area (Å²) >= 11 is 0. The summed E-state index contributed by atoms with van der Waals surface area (Å²) in [6.07, 6.45) is 0. The first kappa shape index (κ1) is 20.4. The van der Waals surface area contributed by atoms with Crippen LogP contribution in [-0.4, -0.2) is 22.8 Å². The van der Waals surface area contributed by atoms with E-state index in [4.69, 9.17) is 9.84 Å². The number of carbonyl (C=O) groups excluding carboxylic acids is 1. The zero-order chi connectivity index (χ0) is 21.8. The lowest BCUT2D eigenvalue weighted by atomic mass is 10.1. The molecule has 4 aromatic rings. The van der Waals surface area contributed by atoms with Crippen molar-refractivity contribution in [1.29, 1.82) is 0 Å². The minimum atomic E-state index is -0.175. The van der Waals surface area contributed by atoms with Crippen LogP contribution in [0.4, 0.5) is 0 Å². The minimum Gasteiger partial charge on any atom is -0.497 e. The van der Waals surface area contributed by atoms with Crippen LogP contribution < -0.4 is 10.1 Å². The molecule has 1 heterocycles. The normalized spacial score (nSPS) is 10.7. The molecule has 0 aliphatic rings. The first-order valence-electron chi connectivity index (χ1n) is 10.2. The van der Waals surface area contributed by atoms with E-state index in [1.807, 2.05) is 86.6 Å². The third-order valence-electron chi connectivity index (χ3n) is 5.20. The van der Waals surface area contributed by atoms with Crippen LogP contribution in [0.1, 0.15) is 27.2 Å². The molecule has 3 aromatic carbocycles. The zero-order valence-electron chi connectivity index (χ0n) is 17.9. The topological polar surface area (TPSA) is 56.1 Å². The third kappa shape index (κ3) is 4.51. The Kier molecular flexibility index (Phi) is 5.85. The van der Waals surface area contributed by atoms with E-state index in [9.17, 15) is 4.79 Å². The fourth-order valence-corrected chi connectivity index (χ4v) is 3.47. The van der Waals surface area contributed by atoms with Gasteiger partial charge in [0.05, 0.1) is 18.5 Å². The van der Waals surface area contributed by atoms with Crippen LogP contribution >= 0.6 is 0 Å². The maximum atomic E-state index is 13.2. The van der Waals surface area contributed by atoms with E-state index in [0.717, 1.165) is 33.7 Å². The Morgan fingerprint density at radius 2 is 1.77 bits per heavy atom. The molecule has 5 nitrogen and oxygen atoms in total. The fraction of sp³-hybridized carbons (Fsp3) is 0.154. The Bertz CT molecular complexity index is 1210. The third-order valence-corrected chi connectivity index (χ3v) is 5.20. The molecule has 0 aliphatic heterocycles. The number of ether oxygens (including phenoxy) is 1. The number of methoxy groups -OCH3 is 1. The number of hydrogen-bond acceptors (Lipinski definition) is 3. The van der Waals surface area contributed by atoms with Gasteiger partial charge in [-0.25, -0.2) is 4.68 Å². The molecular weight excluding hydrogens is 386 g/mol. The van der Waals surface area contributed by atoms with Gasteiger partial charge in [-0.05, 0) is 54.8 Å². The van der Waals surface area contributed by atoms with Gasteiger partial charge in [-0.2, -0.15) is 5.10 Å². The average molecular weight is 412 g/mol. The van der Waals surface area contributed by atoms with Crippen molar-refractivity contribution in [3.63, 3.8) is 0 Å². The van der Waals surface area contributed by atoms with Crippen LogP contribution in [0.2, 0.25) is 0 Å². The summed E-state index contributed by atoms with van der Waals surface area (Å²) in [5.41, 5.74) is 6.17. The number of amides is 1. The summed E-state index contributed by atoms with van der Waals surface area (Å²) in [5.74, 6) is 0.570. The van der Waals surface area contributed by atoms with E-state index < -0.39 is 0 Å². The number of benzene rings is 3. The molecule has 0 radical (unpaired) electrons. The Hall–Kier alpha value is -3.86. The summed E-state index contributed by atoms with van der Waals surface area (Å²) in [6.45, 7) is 4.50. The molecule has 0 aliphatic carbocycles. The van der Waals surface area contributed by atoms with Gasteiger partial charge in [-0.1, -0.05) is 54.6 Å². The predicted molar refractivity (Wildman–Crippen MR) is 123 cm³/mol. The summed E-state index contributed by atoms with van der Waals surface area (Å²) in [5, 5.41) is 7.83. The van der Waals surface area contributed by atoms with E-state index in [2.05, 4.69) is 11.4 Å². The standard InChI is InChI=1S/C26H25N3O2/c1-18-12-13-19(2)24(14-18)29-25(26(30)27-17-20-8-5-4-6-9-20)16-23(28-29)21-10-7-11-22(15-21)31-3/h4-16H,17H2,1-3H3,(H,27,30). The van der Waals surface area contributed by atoms with Gasteiger partial charge in [-0.15, -0.1) is 0 Å². The number of carbonyl (C=O) groups is 1. The monoisotopic (exact) mass is 411 g/mol. The van der Waals surface area contributed by atoms with Crippen molar-refractivity contribution < 1.29 is 9.53 Å². The maximum Gasteiger partial charge on any atom is 0.270 e. The maximum absolute atomic E-state index is 13.2. The van der Waals surface area contributed by atoms with Crippen molar-refractivity contribution in [1.82, 2.24) is 15.1 Å². The van der Waals surface area contributed by atoms with Gasteiger partial charge >= 0.3 is 0 Å². The highest BCUT2D eigenvalue weighted by Gasteiger charge is 2.19. The molecule has 0 unspecified atom stereocenters. The number of aryl methyl sites for hydroxylation is 2. The van der Waals surface area contributed by atoms with Crippen LogP contribution in [0.15, 0.2) is 78.9 Å². The highest BCUT2D eigenvalue weighted by atomic mass is 16.5. The smallest absolute Gasteiger partial charge is 0.270 e. The van der Waals surface area contributed by atoms with Crippen molar-refractivity contribution in [2.75, 3.05) is 7.11 Å². The first-order valence-corrected chi connectivity index (χ1v) is 10.2. The number of nitrogens with zero attached hydrogens (tertiary/aromatic N) is 2. The van der Waals surface area contributed by atoms with Gasteiger partial charge in [-0.3, -0.25) is 4.79 Å². The van der Waals surface area contributed by atoms with Crippen molar-refractivity contribution in [3.05, 3.63) is 101 Å². The van der Waals surface area contributed by atoms with Crippen molar-refractivity contribution in [2.45, 2.75) is 20.4 Å². The Morgan fingerprint density at radius 3 is 2.55 bits per heavy atom. The van der Waals surface area contributed by atoms with E-state index >= 15 is 0 Å². The van der Waals surface area contributed by atoms with E-state index in [0.29, 0.717) is 17.9 Å². The molecule has 0 fully saturated rings. The van der Waals surface area contributed by atoms with Gasteiger partial charge in [0.2, 0.25) is 0 Å². The molecule has 1 aromatic heterocycles. The lowest BCUT2D eigenvalue weighted by molar-refractivity contribution is 0.0943. The predicted octanol–water partition coefficient (Wildman–Crippen LogP) is 5.09. The van der Waals surface area contributed by atoms with E-state index in [-0.39, 0.29) is 5.91 Å². The Morgan fingerprint density at radius 1 is 0.968 bits per heavy atom. The molecule has 1 amide bonds. The number of aromatic nitrogens is 2. The number of rotatable bonds is 6. The SMILES string of the molecule is COc1cccc(-c2cc(C(=O)NCc3ccccc3)n(-c3cc(C)ccc3C)n2)c1. The first-order chi connectivity index (χ1) is 15.0. The second kappa shape index (κ2) is 8.88. The van der Waals surface area contributed by atoms with Gasteiger partial charge in [0.1, 0.15) is 11.4 Å². The average Bonchev–Trinajstić information content (AvgIpc) is 3.25. The second-order valence-electron chi connectivity index (χ2n) is 7.52. The molecular formula is C26H25N3O2. The Balaban J connectivity index is 1.75. The van der Waals surface area contributed by atoms with Crippen molar-refractivity contribution >= 4 is 5.91 Å². The molecule has 5 heteroatoms. The Labute approximate surface area is 182 Å². The molecule has 0 atom stereocenters. The molecule has 4 rings (SSSR count). The largest absolute Gasteiger partial charge is 0.497 e. The van der Waals surface area contributed by atoms with E-state index in [1.54, 1.807) is 11.8 Å².